The first-order valence-corrected chi connectivity index (χ1v) is 3.81. The van der Waals surface area contributed by atoms with Crippen LogP contribution in [0.5, 0.6) is 0 Å². The van der Waals surface area contributed by atoms with E-state index in [-0.39, 0.29) is 6.15 Å². The molecule has 0 atom stereocenters. The minimum Gasteiger partial charge on any atom is -0.478 e. The highest BCUT2D eigenvalue weighted by atomic mass is 16.4. The van der Waals surface area contributed by atoms with Crippen LogP contribution in [0.3, 0.4) is 0 Å². The van der Waals surface area contributed by atoms with Gasteiger partial charge in [0.05, 0.1) is 5.56 Å². The summed E-state index contributed by atoms with van der Waals surface area (Å²) in [6, 6.07) is 5.36. The van der Waals surface area contributed by atoms with Crippen LogP contribution in [0, 0.1) is 0 Å². The second kappa shape index (κ2) is 3.41. The summed E-state index contributed by atoms with van der Waals surface area (Å²) < 4.78 is 0. The average molecular weight is 177 g/mol. The second-order valence-corrected chi connectivity index (χ2v) is 2.78. The molecule has 3 nitrogen and oxygen atoms in total. The van der Waals surface area contributed by atoms with Crippen LogP contribution in [-0.2, 0) is 6.42 Å². The first kappa shape index (κ1) is 9.48. The highest BCUT2D eigenvalue weighted by Crippen LogP contribution is 2.22. The van der Waals surface area contributed by atoms with Crippen molar-refractivity contribution in [3.05, 3.63) is 41.0 Å². The molecule has 0 fully saturated rings. The fourth-order valence-electron chi connectivity index (χ4n) is 1.49. The molecule has 4 N–H and O–H groups in total. The van der Waals surface area contributed by atoms with Crippen molar-refractivity contribution in [3.63, 3.8) is 0 Å². The summed E-state index contributed by atoms with van der Waals surface area (Å²) in [4.78, 5) is 10.7. The minimum atomic E-state index is -0.837. The van der Waals surface area contributed by atoms with E-state index in [1.54, 1.807) is 12.1 Å². The molecule has 0 amide bonds. The predicted octanol–water partition coefficient (Wildman–Crippen LogP) is 2.12. The van der Waals surface area contributed by atoms with E-state index in [4.69, 9.17) is 5.11 Å². The van der Waals surface area contributed by atoms with Crippen molar-refractivity contribution in [2.45, 2.75) is 6.42 Å². The Bertz CT molecular complexity index is 369. The molecule has 13 heavy (non-hydrogen) atoms. The summed E-state index contributed by atoms with van der Waals surface area (Å²) in [5.41, 5.74) is 2.40. The van der Waals surface area contributed by atoms with Gasteiger partial charge in [0.25, 0.3) is 0 Å². The number of carboxylic acids is 1. The van der Waals surface area contributed by atoms with Crippen LogP contribution in [-0.4, -0.2) is 11.1 Å². The standard InChI is InChI=1S/C10H8O2.H3N/c11-10(12)9-6-2-4-7-3-1-5-8(7)9;/h1-4,6H,5H2,(H,11,12);1H3. The zero-order valence-electron chi connectivity index (χ0n) is 7.16. The fraction of sp³-hybridized carbons (Fsp3) is 0.100. The normalized spacial score (nSPS) is 12.0. The number of aromatic carboxylic acids is 1. The molecule has 0 spiro atoms. The molecule has 0 heterocycles. The van der Waals surface area contributed by atoms with E-state index in [0.717, 1.165) is 17.5 Å². The van der Waals surface area contributed by atoms with E-state index in [2.05, 4.69) is 0 Å². The summed E-state index contributed by atoms with van der Waals surface area (Å²) in [6.07, 6.45) is 4.69. The molecular formula is C10H11NO2. The first-order chi connectivity index (χ1) is 5.79. The Kier molecular flexibility index (Phi) is 2.49. The van der Waals surface area contributed by atoms with Crippen LogP contribution in [0.2, 0.25) is 0 Å². The highest BCUT2D eigenvalue weighted by molar-refractivity contribution is 5.91. The maximum atomic E-state index is 10.7. The van der Waals surface area contributed by atoms with Crippen molar-refractivity contribution in [2.75, 3.05) is 0 Å². The Morgan fingerprint density at radius 3 is 2.85 bits per heavy atom. The van der Waals surface area contributed by atoms with Gasteiger partial charge in [-0.3, -0.25) is 0 Å². The van der Waals surface area contributed by atoms with Crippen molar-refractivity contribution >= 4 is 12.0 Å². The van der Waals surface area contributed by atoms with Gasteiger partial charge in [-0.2, -0.15) is 0 Å². The van der Waals surface area contributed by atoms with Gasteiger partial charge in [0.1, 0.15) is 0 Å². The Hall–Kier alpha value is -1.61. The van der Waals surface area contributed by atoms with Gasteiger partial charge in [-0.1, -0.05) is 24.3 Å². The lowest BCUT2D eigenvalue weighted by molar-refractivity contribution is 0.0696. The molecule has 0 radical (unpaired) electrons. The number of carbonyl (C=O) groups is 1. The van der Waals surface area contributed by atoms with Crippen LogP contribution in [0.25, 0.3) is 6.08 Å². The van der Waals surface area contributed by atoms with Crippen molar-refractivity contribution < 1.29 is 9.90 Å². The summed E-state index contributed by atoms with van der Waals surface area (Å²) in [7, 11) is 0. The largest absolute Gasteiger partial charge is 0.478 e. The van der Waals surface area contributed by atoms with Crippen molar-refractivity contribution in [2.24, 2.45) is 0 Å². The number of allylic oxidation sites excluding steroid dienone is 1. The smallest absolute Gasteiger partial charge is 0.335 e. The molecule has 0 unspecified atom stereocenters. The van der Waals surface area contributed by atoms with Crippen molar-refractivity contribution in [1.82, 2.24) is 6.15 Å². The minimum absolute atomic E-state index is 0. The van der Waals surface area contributed by atoms with Gasteiger partial charge < -0.3 is 11.3 Å². The maximum absolute atomic E-state index is 10.7. The Morgan fingerprint density at radius 2 is 2.15 bits per heavy atom. The molecule has 68 valence electrons. The molecule has 2 rings (SSSR count). The Labute approximate surface area is 76.3 Å². The molecule has 0 bridgehead atoms. The molecule has 1 aliphatic rings. The second-order valence-electron chi connectivity index (χ2n) is 2.78. The molecular weight excluding hydrogens is 166 g/mol. The lowest BCUT2D eigenvalue weighted by Crippen LogP contribution is -2.01. The Morgan fingerprint density at radius 1 is 1.38 bits per heavy atom. The Balaban J connectivity index is 0.000000845. The van der Waals surface area contributed by atoms with Crippen LogP contribution in [0.4, 0.5) is 0 Å². The third kappa shape index (κ3) is 1.46. The van der Waals surface area contributed by atoms with Gasteiger partial charge in [0.2, 0.25) is 0 Å². The quantitative estimate of drug-likeness (QED) is 0.690. The monoisotopic (exact) mass is 177 g/mol. The van der Waals surface area contributed by atoms with Gasteiger partial charge in [-0.15, -0.1) is 0 Å². The van der Waals surface area contributed by atoms with Gasteiger partial charge >= 0.3 is 5.97 Å². The predicted molar refractivity (Wildman–Crippen MR) is 51.2 cm³/mol. The van der Waals surface area contributed by atoms with Crippen LogP contribution in [0.1, 0.15) is 21.5 Å². The van der Waals surface area contributed by atoms with E-state index in [1.807, 2.05) is 18.2 Å². The molecule has 0 aromatic heterocycles. The molecule has 1 aliphatic carbocycles. The highest BCUT2D eigenvalue weighted by Gasteiger charge is 2.13. The summed E-state index contributed by atoms with van der Waals surface area (Å²) in [5.74, 6) is -0.837. The number of benzene rings is 1. The number of hydrogen-bond acceptors (Lipinski definition) is 2. The summed E-state index contributed by atoms with van der Waals surface area (Å²) >= 11 is 0. The molecule has 1 aromatic rings. The van der Waals surface area contributed by atoms with Gasteiger partial charge in [0, 0.05) is 0 Å². The average Bonchev–Trinajstić information content (AvgIpc) is 2.49. The van der Waals surface area contributed by atoms with Crippen molar-refractivity contribution in [1.29, 1.82) is 0 Å². The van der Waals surface area contributed by atoms with Crippen LogP contribution >= 0.6 is 0 Å². The molecule has 1 aromatic carbocycles. The number of rotatable bonds is 1. The topological polar surface area (TPSA) is 72.3 Å². The van der Waals surface area contributed by atoms with Gasteiger partial charge in [-0.25, -0.2) is 4.79 Å². The van der Waals surface area contributed by atoms with E-state index >= 15 is 0 Å². The maximum Gasteiger partial charge on any atom is 0.335 e. The lowest BCUT2D eigenvalue weighted by atomic mass is 10.0. The van der Waals surface area contributed by atoms with E-state index < -0.39 is 5.97 Å². The van der Waals surface area contributed by atoms with E-state index in [9.17, 15) is 4.79 Å². The number of hydrogen-bond donors (Lipinski definition) is 2. The van der Waals surface area contributed by atoms with E-state index in [0.29, 0.717) is 5.56 Å². The number of carboxylic acid groups (broad SMARTS) is 1. The fourth-order valence-corrected chi connectivity index (χ4v) is 1.49. The zero-order valence-corrected chi connectivity index (χ0v) is 7.16. The SMILES string of the molecule is N.O=C(O)c1cccc2c1CC=C2. The van der Waals surface area contributed by atoms with Crippen LogP contribution in [0.15, 0.2) is 24.3 Å². The summed E-state index contributed by atoms with van der Waals surface area (Å²) in [5, 5.41) is 8.82. The lowest BCUT2D eigenvalue weighted by Gasteiger charge is -2.02. The first-order valence-electron chi connectivity index (χ1n) is 3.81. The van der Waals surface area contributed by atoms with Crippen molar-refractivity contribution in [3.8, 4) is 0 Å². The molecule has 3 heteroatoms. The third-order valence-electron chi connectivity index (χ3n) is 2.06. The van der Waals surface area contributed by atoms with Gasteiger partial charge in [0.15, 0.2) is 0 Å². The molecule has 0 aliphatic heterocycles. The zero-order chi connectivity index (χ0) is 8.55. The van der Waals surface area contributed by atoms with Crippen LogP contribution < -0.4 is 6.15 Å². The number of fused-ring (bicyclic) bond motifs is 1. The summed E-state index contributed by atoms with van der Waals surface area (Å²) in [6.45, 7) is 0. The molecule has 0 saturated heterocycles. The van der Waals surface area contributed by atoms with Gasteiger partial charge in [-0.05, 0) is 23.6 Å². The van der Waals surface area contributed by atoms with E-state index in [1.165, 1.54) is 0 Å². The third-order valence-corrected chi connectivity index (χ3v) is 2.06. The molecule has 0 saturated carbocycles.